The molecule has 2 heterocycles. The average Bonchev–Trinajstić information content (AvgIpc) is 2.75. The van der Waals surface area contributed by atoms with E-state index in [4.69, 9.17) is 4.74 Å². The molecule has 2 aromatic heterocycles. The van der Waals surface area contributed by atoms with E-state index in [1.54, 1.807) is 55.7 Å². The Kier molecular flexibility index (Phi) is 5.58. The summed E-state index contributed by atoms with van der Waals surface area (Å²) < 4.78 is 34.3. The highest BCUT2D eigenvalue weighted by atomic mass is 32.2. The molecule has 0 atom stereocenters. The molecule has 0 spiro atoms. The Morgan fingerprint density at radius 1 is 0.900 bits per heavy atom. The van der Waals surface area contributed by atoms with Crippen molar-refractivity contribution in [2.24, 2.45) is 0 Å². The molecule has 0 aliphatic heterocycles. The van der Waals surface area contributed by atoms with Gasteiger partial charge in [-0.25, -0.2) is 18.4 Å². The molecule has 30 heavy (non-hydrogen) atoms. The molecule has 0 aliphatic rings. The summed E-state index contributed by atoms with van der Waals surface area (Å²) in [4.78, 5) is 13.1. The molecule has 152 valence electrons. The van der Waals surface area contributed by atoms with Crippen molar-refractivity contribution in [1.82, 2.24) is 15.0 Å². The molecule has 0 saturated carbocycles. The monoisotopic (exact) mass is 420 g/mol. The molecular formula is C22H20N4O3S. The molecule has 0 amide bonds. The third-order valence-electron chi connectivity index (χ3n) is 4.53. The number of sulfonamides is 1. The normalized spacial score (nSPS) is 11.4. The number of ether oxygens (including phenoxy) is 1. The Bertz CT molecular complexity index is 1280. The first-order chi connectivity index (χ1) is 14.5. The fraction of sp³-hybridized carbons (Fsp3) is 0.136. The Balaban J connectivity index is 1.65. The van der Waals surface area contributed by atoms with E-state index in [9.17, 15) is 8.42 Å². The van der Waals surface area contributed by atoms with Gasteiger partial charge in [-0.05, 0) is 48.4 Å². The third-order valence-corrected chi connectivity index (χ3v) is 6.03. The number of rotatable bonds is 7. The van der Waals surface area contributed by atoms with E-state index in [1.807, 2.05) is 24.3 Å². The SMILES string of the molecule is Cc1ccccc1S(=O)(=O)Nc1nc2ccccc2nc1OCCc1ccncc1. The van der Waals surface area contributed by atoms with Gasteiger partial charge in [0, 0.05) is 18.8 Å². The maximum atomic E-state index is 13.0. The smallest absolute Gasteiger partial charge is 0.263 e. The van der Waals surface area contributed by atoms with Crippen LogP contribution in [0.3, 0.4) is 0 Å². The van der Waals surface area contributed by atoms with Gasteiger partial charge in [0.05, 0.1) is 22.5 Å². The van der Waals surface area contributed by atoms with Crippen molar-refractivity contribution in [1.29, 1.82) is 0 Å². The lowest BCUT2D eigenvalue weighted by Crippen LogP contribution is -2.17. The van der Waals surface area contributed by atoms with E-state index in [1.165, 1.54) is 0 Å². The third kappa shape index (κ3) is 4.38. The summed E-state index contributed by atoms with van der Waals surface area (Å²) in [5.74, 6) is 0.201. The summed E-state index contributed by atoms with van der Waals surface area (Å²) in [5.41, 5.74) is 2.89. The highest BCUT2D eigenvalue weighted by molar-refractivity contribution is 7.92. The number of aryl methyl sites for hydroxylation is 1. The Labute approximate surface area is 174 Å². The van der Waals surface area contributed by atoms with Crippen molar-refractivity contribution in [3.63, 3.8) is 0 Å². The van der Waals surface area contributed by atoms with Crippen LogP contribution in [0.4, 0.5) is 5.82 Å². The predicted octanol–water partition coefficient (Wildman–Crippen LogP) is 3.76. The van der Waals surface area contributed by atoms with Crippen LogP contribution in [0.1, 0.15) is 11.1 Å². The van der Waals surface area contributed by atoms with E-state index < -0.39 is 10.0 Å². The lowest BCUT2D eigenvalue weighted by Gasteiger charge is -2.14. The summed E-state index contributed by atoms with van der Waals surface area (Å²) in [6.07, 6.45) is 4.06. The van der Waals surface area contributed by atoms with Crippen LogP contribution in [0.5, 0.6) is 5.88 Å². The van der Waals surface area contributed by atoms with Crippen molar-refractivity contribution in [2.45, 2.75) is 18.2 Å². The number of nitrogens with zero attached hydrogens (tertiary/aromatic N) is 3. The van der Waals surface area contributed by atoms with Crippen LogP contribution < -0.4 is 9.46 Å². The van der Waals surface area contributed by atoms with Gasteiger partial charge < -0.3 is 4.74 Å². The maximum absolute atomic E-state index is 13.0. The molecule has 8 heteroatoms. The maximum Gasteiger partial charge on any atom is 0.263 e. The zero-order chi connectivity index (χ0) is 21.0. The lowest BCUT2D eigenvalue weighted by atomic mass is 10.2. The van der Waals surface area contributed by atoms with Crippen molar-refractivity contribution in [2.75, 3.05) is 11.3 Å². The molecule has 0 radical (unpaired) electrons. The van der Waals surface area contributed by atoms with Gasteiger partial charge in [-0.2, -0.15) is 0 Å². The first-order valence-corrected chi connectivity index (χ1v) is 10.9. The molecule has 7 nitrogen and oxygen atoms in total. The molecular weight excluding hydrogens is 400 g/mol. The Hall–Kier alpha value is -3.52. The number of aromatic nitrogens is 3. The highest BCUT2D eigenvalue weighted by Crippen LogP contribution is 2.27. The quantitative estimate of drug-likeness (QED) is 0.489. The number of hydrogen-bond donors (Lipinski definition) is 1. The molecule has 2 aromatic carbocycles. The zero-order valence-electron chi connectivity index (χ0n) is 16.3. The summed E-state index contributed by atoms with van der Waals surface area (Å²) >= 11 is 0. The number of hydrogen-bond acceptors (Lipinski definition) is 6. The molecule has 0 unspecified atom stereocenters. The van der Waals surface area contributed by atoms with Crippen LogP contribution >= 0.6 is 0 Å². The van der Waals surface area contributed by atoms with E-state index >= 15 is 0 Å². The number of para-hydroxylation sites is 2. The van der Waals surface area contributed by atoms with Crippen molar-refractivity contribution < 1.29 is 13.2 Å². The van der Waals surface area contributed by atoms with E-state index in [2.05, 4.69) is 19.7 Å². The van der Waals surface area contributed by atoms with Gasteiger partial charge in [0.2, 0.25) is 5.82 Å². The summed E-state index contributed by atoms with van der Waals surface area (Å²) in [6.45, 7) is 2.06. The Morgan fingerprint density at radius 3 is 2.30 bits per heavy atom. The molecule has 0 bridgehead atoms. The number of nitrogens with one attached hydrogen (secondary N) is 1. The van der Waals surface area contributed by atoms with Gasteiger partial charge in [-0.3, -0.25) is 9.71 Å². The molecule has 0 fully saturated rings. The first kappa shape index (κ1) is 19.8. The number of fused-ring (bicyclic) bond motifs is 1. The largest absolute Gasteiger partial charge is 0.475 e. The molecule has 4 aromatic rings. The van der Waals surface area contributed by atoms with Crippen LogP contribution in [0.15, 0.2) is 78.0 Å². The van der Waals surface area contributed by atoms with Crippen LogP contribution in [0.2, 0.25) is 0 Å². The van der Waals surface area contributed by atoms with Crippen LogP contribution in [-0.2, 0) is 16.4 Å². The second kappa shape index (κ2) is 8.46. The molecule has 1 N–H and O–H groups in total. The summed E-state index contributed by atoms with van der Waals surface area (Å²) in [6, 6.07) is 17.8. The van der Waals surface area contributed by atoms with Crippen molar-refractivity contribution >= 4 is 26.9 Å². The second-order valence-electron chi connectivity index (χ2n) is 6.69. The highest BCUT2D eigenvalue weighted by Gasteiger charge is 2.21. The fourth-order valence-corrected chi connectivity index (χ4v) is 4.25. The first-order valence-electron chi connectivity index (χ1n) is 9.40. The lowest BCUT2D eigenvalue weighted by molar-refractivity contribution is 0.311. The minimum absolute atomic E-state index is 0.0617. The van der Waals surface area contributed by atoms with E-state index in [0.29, 0.717) is 29.6 Å². The van der Waals surface area contributed by atoms with Gasteiger partial charge in [0.1, 0.15) is 0 Å². The standard InChI is InChI=1S/C22H20N4O3S/c1-16-6-2-5-9-20(16)30(27,28)26-21-22(25-19-8-4-3-7-18(19)24-21)29-15-12-17-10-13-23-14-11-17/h2-11,13-14H,12,15H2,1H3,(H,24,26). The predicted molar refractivity (Wildman–Crippen MR) is 115 cm³/mol. The second-order valence-corrected chi connectivity index (χ2v) is 8.34. The number of benzene rings is 2. The topological polar surface area (TPSA) is 94.1 Å². The fourth-order valence-electron chi connectivity index (χ4n) is 3.01. The molecule has 4 rings (SSSR count). The van der Waals surface area contributed by atoms with Crippen molar-refractivity contribution in [3.8, 4) is 5.88 Å². The van der Waals surface area contributed by atoms with Crippen molar-refractivity contribution in [3.05, 3.63) is 84.2 Å². The number of anilines is 1. The zero-order valence-corrected chi connectivity index (χ0v) is 17.1. The van der Waals surface area contributed by atoms with Gasteiger partial charge in [-0.1, -0.05) is 30.3 Å². The molecule has 0 saturated heterocycles. The van der Waals surface area contributed by atoms with Gasteiger partial charge in [0.15, 0.2) is 0 Å². The minimum Gasteiger partial charge on any atom is -0.475 e. The summed E-state index contributed by atoms with van der Waals surface area (Å²) in [5, 5.41) is 0. The van der Waals surface area contributed by atoms with E-state index in [0.717, 1.165) is 5.56 Å². The molecule has 0 aliphatic carbocycles. The van der Waals surface area contributed by atoms with Gasteiger partial charge in [0.25, 0.3) is 15.9 Å². The number of pyridine rings is 1. The van der Waals surface area contributed by atoms with Gasteiger partial charge in [-0.15, -0.1) is 0 Å². The Morgan fingerprint density at radius 2 is 1.57 bits per heavy atom. The van der Waals surface area contributed by atoms with Crippen LogP contribution in [0, 0.1) is 6.92 Å². The van der Waals surface area contributed by atoms with Crippen LogP contribution in [0.25, 0.3) is 11.0 Å². The summed E-state index contributed by atoms with van der Waals surface area (Å²) in [7, 11) is -3.85. The van der Waals surface area contributed by atoms with Gasteiger partial charge >= 0.3 is 0 Å². The van der Waals surface area contributed by atoms with E-state index in [-0.39, 0.29) is 16.6 Å². The minimum atomic E-state index is -3.85. The average molecular weight is 420 g/mol. The van der Waals surface area contributed by atoms with Crippen LogP contribution in [-0.4, -0.2) is 30.0 Å².